The van der Waals surface area contributed by atoms with Gasteiger partial charge in [0.1, 0.15) is 5.75 Å². The number of hydrogen-bond acceptors (Lipinski definition) is 5. The third-order valence-corrected chi connectivity index (χ3v) is 4.11. The van der Waals surface area contributed by atoms with Crippen LogP contribution in [0.15, 0.2) is 45.8 Å². The minimum absolute atomic E-state index is 0.0128. The summed E-state index contributed by atoms with van der Waals surface area (Å²) in [6, 6.07) is 9.60. The number of rotatable bonds is 4. The van der Waals surface area contributed by atoms with Crippen molar-refractivity contribution in [2.45, 2.75) is 4.90 Å². The Labute approximate surface area is 131 Å². The van der Waals surface area contributed by atoms with Gasteiger partial charge in [0.2, 0.25) is 10.0 Å². The maximum atomic E-state index is 11.4. The van der Waals surface area contributed by atoms with Gasteiger partial charge in [-0.05, 0) is 30.3 Å². The maximum absolute atomic E-state index is 11.4. The minimum Gasteiger partial charge on any atom is -0.497 e. The SMILES string of the molecule is COc1cc(Br)cc(Nc2cc(S(N)(=O)=O)ccc2N)c1. The lowest BCUT2D eigenvalue weighted by Gasteiger charge is -2.12. The Morgan fingerprint density at radius 3 is 2.52 bits per heavy atom. The van der Waals surface area contributed by atoms with Crippen LogP contribution in [0.5, 0.6) is 5.75 Å². The van der Waals surface area contributed by atoms with Crippen molar-refractivity contribution in [3.05, 3.63) is 40.9 Å². The van der Waals surface area contributed by atoms with E-state index in [0.29, 0.717) is 22.8 Å². The van der Waals surface area contributed by atoms with Gasteiger partial charge in [0.15, 0.2) is 0 Å². The van der Waals surface area contributed by atoms with Gasteiger partial charge in [0, 0.05) is 16.2 Å². The fourth-order valence-corrected chi connectivity index (χ4v) is 2.74. The molecule has 0 saturated heterocycles. The van der Waals surface area contributed by atoms with Crippen LogP contribution >= 0.6 is 15.9 Å². The van der Waals surface area contributed by atoms with E-state index >= 15 is 0 Å². The van der Waals surface area contributed by atoms with Crippen LogP contribution in [-0.2, 0) is 10.0 Å². The summed E-state index contributed by atoms with van der Waals surface area (Å²) >= 11 is 3.36. The molecule has 0 aliphatic carbocycles. The largest absolute Gasteiger partial charge is 0.497 e. The topological polar surface area (TPSA) is 107 Å². The number of nitrogen functional groups attached to an aromatic ring is 1. The quantitative estimate of drug-likeness (QED) is 0.715. The molecule has 0 radical (unpaired) electrons. The molecule has 8 heteroatoms. The van der Waals surface area contributed by atoms with Crippen LogP contribution in [0, 0.1) is 0 Å². The molecular weight excluding hydrogens is 358 g/mol. The standard InChI is InChI=1S/C13H14BrN3O3S/c1-20-10-5-8(14)4-9(6-10)17-13-7-11(21(16,18)19)2-3-12(13)15/h2-7,17H,15H2,1H3,(H2,16,18,19). The summed E-state index contributed by atoms with van der Waals surface area (Å²) in [5.41, 5.74) is 7.39. The van der Waals surface area contributed by atoms with E-state index in [1.165, 1.54) is 18.2 Å². The predicted octanol–water partition coefficient (Wildman–Crippen LogP) is 2.43. The van der Waals surface area contributed by atoms with Crippen molar-refractivity contribution in [1.29, 1.82) is 0 Å². The molecule has 0 bridgehead atoms. The molecule has 0 aromatic heterocycles. The number of nitrogens with two attached hydrogens (primary N) is 2. The van der Waals surface area contributed by atoms with Gasteiger partial charge in [0.05, 0.1) is 23.4 Å². The molecule has 0 saturated carbocycles. The number of benzene rings is 2. The van der Waals surface area contributed by atoms with Crippen molar-refractivity contribution in [3.63, 3.8) is 0 Å². The molecule has 0 amide bonds. The lowest BCUT2D eigenvalue weighted by molar-refractivity contribution is 0.415. The Morgan fingerprint density at radius 1 is 1.19 bits per heavy atom. The fourth-order valence-electron chi connectivity index (χ4n) is 1.73. The normalized spacial score (nSPS) is 11.2. The Hall–Kier alpha value is -1.77. The molecule has 5 N–H and O–H groups in total. The molecule has 0 heterocycles. The first-order chi connectivity index (χ1) is 9.79. The van der Waals surface area contributed by atoms with E-state index in [-0.39, 0.29) is 4.90 Å². The maximum Gasteiger partial charge on any atom is 0.238 e. The number of halogens is 1. The first-order valence-corrected chi connectivity index (χ1v) is 8.17. The van der Waals surface area contributed by atoms with E-state index in [2.05, 4.69) is 21.2 Å². The van der Waals surface area contributed by atoms with Gasteiger partial charge in [-0.1, -0.05) is 15.9 Å². The van der Waals surface area contributed by atoms with Crippen LogP contribution in [0.25, 0.3) is 0 Å². The lowest BCUT2D eigenvalue weighted by Crippen LogP contribution is -2.12. The molecule has 0 fully saturated rings. The molecule has 2 aromatic rings. The van der Waals surface area contributed by atoms with Crippen molar-refractivity contribution in [1.82, 2.24) is 0 Å². The van der Waals surface area contributed by atoms with Gasteiger partial charge in [-0.2, -0.15) is 0 Å². The molecule has 112 valence electrons. The third kappa shape index (κ3) is 3.87. The highest BCUT2D eigenvalue weighted by atomic mass is 79.9. The minimum atomic E-state index is -3.78. The molecule has 6 nitrogen and oxygen atoms in total. The Morgan fingerprint density at radius 2 is 1.90 bits per heavy atom. The van der Waals surface area contributed by atoms with Crippen LogP contribution in [-0.4, -0.2) is 15.5 Å². The Bertz CT molecular complexity index is 778. The van der Waals surface area contributed by atoms with Gasteiger partial charge in [-0.15, -0.1) is 0 Å². The van der Waals surface area contributed by atoms with Crippen LogP contribution in [0.3, 0.4) is 0 Å². The van der Waals surface area contributed by atoms with Gasteiger partial charge < -0.3 is 15.8 Å². The van der Waals surface area contributed by atoms with Crippen molar-refractivity contribution in [3.8, 4) is 5.75 Å². The molecule has 2 aromatic carbocycles. The van der Waals surface area contributed by atoms with E-state index in [1.807, 2.05) is 6.07 Å². The number of sulfonamides is 1. The molecule has 21 heavy (non-hydrogen) atoms. The monoisotopic (exact) mass is 371 g/mol. The second-order valence-electron chi connectivity index (χ2n) is 4.30. The van der Waals surface area contributed by atoms with Gasteiger partial charge in [-0.25, -0.2) is 13.6 Å². The van der Waals surface area contributed by atoms with E-state index in [0.717, 1.165) is 4.47 Å². The molecular formula is C13H14BrN3O3S. The van der Waals surface area contributed by atoms with Crippen molar-refractivity contribution in [2.75, 3.05) is 18.2 Å². The summed E-state index contributed by atoms with van der Waals surface area (Å²) in [4.78, 5) is -0.0128. The number of primary sulfonamides is 1. The van der Waals surface area contributed by atoms with Crippen molar-refractivity contribution in [2.24, 2.45) is 5.14 Å². The first kappa shape index (κ1) is 15.6. The van der Waals surface area contributed by atoms with Crippen molar-refractivity contribution >= 4 is 43.0 Å². The number of anilines is 3. The fraction of sp³-hybridized carbons (Fsp3) is 0.0769. The van der Waals surface area contributed by atoms with E-state index in [9.17, 15) is 8.42 Å². The van der Waals surface area contributed by atoms with Crippen LogP contribution in [0.4, 0.5) is 17.1 Å². The molecule has 2 rings (SSSR count). The average molecular weight is 372 g/mol. The van der Waals surface area contributed by atoms with Crippen molar-refractivity contribution < 1.29 is 13.2 Å². The number of nitrogens with one attached hydrogen (secondary N) is 1. The first-order valence-electron chi connectivity index (χ1n) is 5.83. The lowest BCUT2D eigenvalue weighted by atomic mass is 10.2. The third-order valence-electron chi connectivity index (χ3n) is 2.74. The highest BCUT2D eigenvalue weighted by Gasteiger charge is 2.11. The molecule has 0 aliphatic rings. The zero-order chi connectivity index (χ0) is 15.6. The molecule has 0 unspecified atom stereocenters. The smallest absolute Gasteiger partial charge is 0.238 e. The van der Waals surface area contributed by atoms with Gasteiger partial charge >= 0.3 is 0 Å². The Balaban J connectivity index is 2.42. The van der Waals surface area contributed by atoms with Gasteiger partial charge in [-0.3, -0.25) is 0 Å². The summed E-state index contributed by atoms with van der Waals surface area (Å²) in [5, 5.41) is 8.16. The predicted molar refractivity (Wildman–Crippen MR) is 86.2 cm³/mol. The van der Waals surface area contributed by atoms with E-state index < -0.39 is 10.0 Å². The van der Waals surface area contributed by atoms with Gasteiger partial charge in [0.25, 0.3) is 0 Å². The molecule has 0 atom stereocenters. The molecule has 0 aliphatic heterocycles. The zero-order valence-corrected chi connectivity index (χ0v) is 13.5. The van der Waals surface area contributed by atoms with Crippen LogP contribution in [0.2, 0.25) is 0 Å². The average Bonchev–Trinajstić information content (AvgIpc) is 2.39. The highest BCUT2D eigenvalue weighted by molar-refractivity contribution is 9.10. The summed E-state index contributed by atoms with van der Waals surface area (Å²) in [6.07, 6.45) is 0. The van der Waals surface area contributed by atoms with E-state index in [1.54, 1.807) is 19.2 Å². The number of ether oxygens (including phenoxy) is 1. The number of hydrogen-bond donors (Lipinski definition) is 3. The Kier molecular flexibility index (Phi) is 4.40. The number of methoxy groups -OCH3 is 1. The highest BCUT2D eigenvalue weighted by Crippen LogP contribution is 2.30. The summed E-state index contributed by atoms with van der Waals surface area (Å²) in [5.74, 6) is 0.646. The van der Waals surface area contributed by atoms with Crippen LogP contribution in [0.1, 0.15) is 0 Å². The summed E-state index contributed by atoms with van der Waals surface area (Å²) < 4.78 is 28.7. The zero-order valence-electron chi connectivity index (χ0n) is 11.1. The second-order valence-corrected chi connectivity index (χ2v) is 6.78. The summed E-state index contributed by atoms with van der Waals surface area (Å²) in [7, 11) is -2.23. The van der Waals surface area contributed by atoms with E-state index in [4.69, 9.17) is 15.6 Å². The van der Waals surface area contributed by atoms with Crippen LogP contribution < -0.4 is 20.9 Å². The second kappa shape index (κ2) is 5.92. The molecule has 0 spiro atoms. The summed E-state index contributed by atoms with van der Waals surface area (Å²) in [6.45, 7) is 0.